The summed E-state index contributed by atoms with van der Waals surface area (Å²) < 4.78 is 0. The van der Waals surface area contributed by atoms with Gasteiger partial charge in [-0.25, -0.2) is 4.98 Å². The quantitative estimate of drug-likeness (QED) is 0.851. The molecule has 0 fully saturated rings. The summed E-state index contributed by atoms with van der Waals surface area (Å²) in [5.41, 5.74) is 1.37. The highest BCUT2D eigenvalue weighted by Crippen LogP contribution is 2.31. The molecule has 3 nitrogen and oxygen atoms in total. The van der Waals surface area contributed by atoms with Crippen LogP contribution in [0, 0.1) is 6.92 Å². The summed E-state index contributed by atoms with van der Waals surface area (Å²) in [6.07, 6.45) is 0. The van der Waals surface area contributed by atoms with Gasteiger partial charge in [0.1, 0.15) is 5.82 Å². The van der Waals surface area contributed by atoms with Crippen LogP contribution in [-0.2, 0) is 5.41 Å². The van der Waals surface area contributed by atoms with Gasteiger partial charge in [-0.15, -0.1) is 0 Å². The van der Waals surface area contributed by atoms with Crippen LogP contribution in [0.25, 0.3) is 11.3 Å². The van der Waals surface area contributed by atoms with Crippen LogP contribution >= 0.6 is 23.2 Å². The van der Waals surface area contributed by atoms with Crippen molar-refractivity contribution in [1.29, 1.82) is 0 Å². The van der Waals surface area contributed by atoms with Gasteiger partial charge in [-0.05, 0) is 25.1 Å². The second-order valence-electron chi connectivity index (χ2n) is 5.76. The van der Waals surface area contributed by atoms with Crippen LogP contribution in [0.1, 0.15) is 32.2 Å². The van der Waals surface area contributed by atoms with Gasteiger partial charge in [0.2, 0.25) is 0 Å². The smallest absolute Gasteiger partial charge is 0.254 e. The van der Waals surface area contributed by atoms with Gasteiger partial charge in [-0.2, -0.15) is 0 Å². The fourth-order valence-corrected chi connectivity index (χ4v) is 2.21. The Labute approximate surface area is 128 Å². The third-order valence-electron chi connectivity index (χ3n) is 3.05. The molecule has 1 aromatic heterocycles. The summed E-state index contributed by atoms with van der Waals surface area (Å²) >= 11 is 12.2. The number of halogens is 2. The molecule has 0 bridgehead atoms. The predicted molar refractivity (Wildman–Crippen MR) is 83.8 cm³/mol. The predicted octanol–water partition coefficient (Wildman–Crippen LogP) is 4.35. The van der Waals surface area contributed by atoms with E-state index in [-0.39, 0.29) is 11.0 Å². The van der Waals surface area contributed by atoms with Crippen molar-refractivity contribution in [2.24, 2.45) is 0 Å². The van der Waals surface area contributed by atoms with Crippen molar-refractivity contribution >= 4 is 23.2 Å². The molecule has 0 aliphatic heterocycles. The van der Waals surface area contributed by atoms with Gasteiger partial charge in [0.15, 0.2) is 0 Å². The highest BCUT2D eigenvalue weighted by Gasteiger charge is 2.20. The lowest BCUT2D eigenvalue weighted by Gasteiger charge is -2.19. The lowest BCUT2D eigenvalue weighted by atomic mass is 9.95. The molecule has 2 aromatic rings. The van der Waals surface area contributed by atoms with Gasteiger partial charge in [0.05, 0.1) is 10.7 Å². The minimum Gasteiger partial charge on any atom is -0.310 e. The number of hydrogen-bond donors (Lipinski definition) is 1. The minimum absolute atomic E-state index is 0.157. The number of aromatic amines is 1. The first-order chi connectivity index (χ1) is 9.20. The number of nitrogens with zero attached hydrogens (tertiary/aromatic N) is 1. The van der Waals surface area contributed by atoms with E-state index in [1.807, 2.05) is 20.8 Å². The summed E-state index contributed by atoms with van der Waals surface area (Å²) in [7, 11) is 0. The first kappa shape index (κ1) is 15.1. The highest BCUT2D eigenvalue weighted by atomic mass is 35.5. The average molecular weight is 311 g/mol. The van der Waals surface area contributed by atoms with E-state index in [0.29, 0.717) is 32.7 Å². The Kier molecular flexibility index (Phi) is 3.94. The molecule has 0 radical (unpaired) electrons. The number of rotatable bonds is 1. The highest BCUT2D eigenvalue weighted by molar-refractivity contribution is 6.35. The van der Waals surface area contributed by atoms with Crippen molar-refractivity contribution in [2.45, 2.75) is 33.1 Å². The van der Waals surface area contributed by atoms with Crippen molar-refractivity contribution in [2.75, 3.05) is 0 Å². The minimum atomic E-state index is -0.257. The normalized spacial score (nSPS) is 11.7. The Morgan fingerprint density at radius 3 is 2.45 bits per heavy atom. The van der Waals surface area contributed by atoms with Gasteiger partial charge in [0.25, 0.3) is 5.56 Å². The maximum Gasteiger partial charge on any atom is 0.254 e. The first-order valence-electron chi connectivity index (χ1n) is 6.27. The zero-order chi connectivity index (χ0) is 15.1. The lowest BCUT2D eigenvalue weighted by molar-refractivity contribution is 0.542. The van der Waals surface area contributed by atoms with Crippen LogP contribution in [0.15, 0.2) is 23.0 Å². The molecule has 0 aliphatic rings. The molecule has 0 aliphatic carbocycles. The largest absolute Gasteiger partial charge is 0.310 e. The molecule has 20 heavy (non-hydrogen) atoms. The molecule has 0 saturated heterocycles. The van der Waals surface area contributed by atoms with Gasteiger partial charge in [-0.3, -0.25) is 4.79 Å². The third-order valence-corrected chi connectivity index (χ3v) is 3.61. The molecule has 106 valence electrons. The average Bonchev–Trinajstić information content (AvgIpc) is 2.34. The standard InChI is InChI=1S/C15H16Cl2N2O/c1-8-12(10-7-9(16)5-6-11(10)17)18-14(15(2,3)4)19-13(8)20/h5-7H,1-4H3,(H,18,19,20). The van der Waals surface area contributed by atoms with Gasteiger partial charge < -0.3 is 4.98 Å². The second kappa shape index (κ2) is 5.23. The van der Waals surface area contributed by atoms with Crippen molar-refractivity contribution in [1.82, 2.24) is 9.97 Å². The summed E-state index contributed by atoms with van der Waals surface area (Å²) in [4.78, 5) is 19.5. The molecule has 1 heterocycles. The van der Waals surface area contributed by atoms with E-state index in [0.717, 1.165) is 0 Å². The van der Waals surface area contributed by atoms with Crippen LogP contribution in [0.3, 0.4) is 0 Å². The molecule has 1 aromatic carbocycles. The Morgan fingerprint density at radius 1 is 1.20 bits per heavy atom. The zero-order valence-electron chi connectivity index (χ0n) is 11.8. The number of H-pyrrole nitrogens is 1. The van der Waals surface area contributed by atoms with E-state index < -0.39 is 0 Å². The van der Waals surface area contributed by atoms with E-state index in [4.69, 9.17) is 23.2 Å². The molecule has 0 atom stereocenters. The number of nitrogens with one attached hydrogen (secondary N) is 1. The van der Waals surface area contributed by atoms with E-state index in [9.17, 15) is 4.79 Å². The molecule has 0 unspecified atom stereocenters. The van der Waals surface area contributed by atoms with Crippen LogP contribution in [-0.4, -0.2) is 9.97 Å². The van der Waals surface area contributed by atoms with Crippen molar-refractivity contribution in [3.05, 3.63) is 50.0 Å². The Hall–Kier alpha value is -1.32. The van der Waals surface area contributed by atoms with Crippen LogP contribution in [0.2, 0.25) is 10.0 Å². The monoisotopic (exact) mass is 310 g/mol. The Bertz CT molecular complexity index is 715. The van der Waals surface area contributed by atoms with E-state index in [2.05, 4.69) is 9.97 Å². The van der Waals surface area contributed by atoms with Crippen LogP contribution < -0.4 is 5.56 Å². The van der Waals surface area contributed by atoms with Crippen molar-refractivity contribution in [3.8, 4) is 11.3 Å². The maximum absolute atomic E-state index is 12.1. The molecule has 5 heteroatoms. The van der Waals surface area contributed by atoms with Crippen molar-refractivity contribution in [3.63, 3.8) is 0 Å². The van der Waals surface area contributed by atoms with Gasteiger partial charge in [-0.1, -0.05) is 44.0 Å². The zero-order valence-corrected chi connectivity index (χ0v) is 13.4. The summed E-state index contributed by atoms with van der Waals surface area (Å²) in [5, 5.41) is 1.08. The molecule has 0 amide bonds. The number of hydrogen-bond acceptors (Lipinski definition) is 2. The van der Waals surface area contributed by atoms with Gasteiger partial charge >= 0.3 is 0 Å². The first-order valence-corrected chi connectivity index (χ1v) is 7.02. The molecule has 1 N–H and O–H groups in total. The molecular weight excluding hydrogens is 295 g/mol. The van der Waals surface area contributed by atoms with Gasteiger partial charge in [0, 0.05) is 21.6 Å². The Morgan fingerprint density at radius 2 is 1.85 bits per heavy atom. The number of benzene rings is 1. The summed E-state index contributed by atoms with van der Waals surface area (Å²) in [6, 6.07) is 5.14. The van der Waals surface area contributed by atoms with Crippen molar-refractivity contribution < 1.29 is 0 Å². The van der Waals surface area contributed by atoms with E-state index in [1.54, 1.807) is 25.1 Å². The fraction of sp³-hybridized carbons (Fsp3) is 0.333. The van der Waals surface area contributed by atoms with E-state index in [1.165, 1.54) is 0 Å². The molecular formula is C15H16Cl2N2O. The Balaban J connectivity index is 2.77. The van der Waals surface area contributed by atoms with Crippen LogP contribution in [0.5, 0.6) is 0 Å². The summed E-state index contributed by atoms with van der Waals surface area (Å²) in [5.74, 6) is 0.624. The third kappa shape index (κ3) is 2.89. The SMILES string of the molecule is Cc1c(-c2cc(Cl)ccc2Cl)nc(C(C)(C)C)[nH]c1=O. The topological polar surface area (TPSA) is 45.8 Å². The second-order valence-corrected chi connectivity index (χ2v) is 6.61. The molecule has 0 spiro atoms. The molecule has 2 rings (SSSR count). The number of aromatic nitrogens is 2. The maximum atomic E-state index is 12.1. The fourth-order valence-electron chi connectivity index (χ4n) is 1.83. The lowest BCUT2D eigenvalue weighted by Crippen LogP contribution is -2.24. The summed E-state index contributed by atoms with van der Waals surface area (Å²) in [6.45, 7) is 7.70. The van der Waals surface area contributed by atoms with E-state index >= 15 is 0 Å². The van der Waals surface area contributed by atoms with Crippen LogP contribution in [0.4, 0.5) is 0 Å². The molecule has 0 saturated carbocycles.